The number of hydrogen-bond acceptors (Lipinski definition) is 6. The molecule has 176 valence electrons. The molecule has 0 spiro atoms. The van der Waals surface area contributed by atoms with Crippen molar-refractivity contribution in [2.45, 2.75) is 25.2 Å². The fraction of sp³-hybridized carbons (Fsp3) is 0.318. The van der Waals surface area contributed by atoms with Gasteiger partial charge in [-0.25, -0.2) is 18.7 Å². The average molecular weight is 469 g/mol. The van der Waals surface area contributed by atoms with Crippen molar-refractivity contribution in [3.05, 3.63) is 42.0 Å². The van der Waals surface area contributed by atoms with Gasteiger partial charge in [0.2, 0.25) is 5.91 Å². The Morgan fingerprint density at radius 3 is 2.79 bits per heavy atom. The molecule has 0 aliphatic carbocycles. The van der Waals surface area contributed by atoms with Crippen LogP contribution in [0.15, 0.2) is 30.6 Å². The van der Waals surface area contributed by atoms with Gasteiger partial charge in [-0.2, -0.15) is 5.10 Å². The molecule has 2 atom stereocenters. The summed E-state index contributed by atoms with van der Waals surface area (Å²) in [6.07, 6.45) is 0.601. The molecule has 0 radical (unpaired) electrons. The molecule has 1 aliphatic rings. The molecule has 4 aromatic rings. The number of nitrogens with one attached hydrogen (secondary N) is 2. The van der Waals surface area contributed by atoms with E-state index < -0.39 is 35.9 Å². The molecule has 1 aliphatic heterocycles. The van der Waals surface area contributed by atoms with Crippen molar-refractivity contribution in [1.29, 1.82) is 0 Å². The number of carbonyl (C=O) groups is 2. The number of amides is 2. The molecule has 34 heavy (non-hydrogen) atoms. The Bertz CT molecular complexity index is 1420. The first kappa shape index (κ1) is 21.9. The Kier molecular flexibility index (Phi) is 5.24. The number of rotatable bonds is 5. The van der Waals surface area contributed by atoms with E-state index in [0.29, 0.717) is 27.9 Å². The zero-order chi connectivity index (χ0) is 24.1. The molecule has 5 rings (SSSR count). The van der Waals surface area contributed by atoms with E-state index in [2.05, 4.69) is 25.4 Å². The lowest BCUT2D eigenvalue weighted by atomic mass is 10.1. The highest BCUT2D eigenvalue weighted by atomic mass is 19.1. The van der Waals surface area contributed by atoms with Crippen molar-refractivity contribution in [3.63, 3.8) is 0 Å². The number of aromatic amines is 1. The molecule has 3 N–H and O–H groups in total. The number of aliphatic hydroxyl groups excluding tert-OH is 1. The molecular formula is C22H21F2N7O3. The quantitative estimate of drug-likeness (QED) is 0.404. The first-order valence-corrected chi connectivity index (χ1v) is 10.6. The Hall–Kier alpha value is -3.93. The third-order valence-electron chi connectivity index (χ3n) is 5.87. The molecule has 0 saturated carbocycles. The van der Waals surface area contributed by atoms with Crippen LogP contribution in [-0.4, -0.2) is 78.0 Å². The molecule has 0 unspecified atom stereocenters. The maximum atomic E-state index is 13.7. The van der Waals surface area contributed by atoms with E-state index in [1.54, 1.807) is 13.1 Å². The molecule has 4 heterocycles. The number of H-pyrrole nitrogens is 1. The maximum absolute atomic E-state index is 13.7. The standard InChI is InChI=1S/C22H21F2N7O3/c1-10(32)17(22(34)31-8-12(24)9-31)28-21(33)14-6-25-20-19(14)27-15(7-26-20)18-13-4-3-11(23)5-16(13)30(2)29-18/h3-7,10,12,17,32H,8-9H2,1-2H3,(H,25,26)(H,28,33)/t10-,17-/m1/s1. The Morgan fingerprint density at radius 2 is 2.09 bits per heavy atom. The summed E-state index contributed by atoms with van der Waals surface area (Å²) in [7, 11) is 1.68. The van der Waals surface area contributed by atoms with Gasteiger partial charge >= 0.3 is 0 Å². The minimum absolute atomic E-state index is 0.0677. The molecule has 10 nitrogen and oxygen atoms in total. The van der Waals surface area contributed by atoms with Crippen molar-refractivity contribution in [3.8, 4) is 11.4 Å². The summed E-state index contributed by atoms with van der Waals surface area (Å²) in [5.74, 6) is -1.60. The molecule has 0 bridgehead atoms. The number of hydrogen-bond donors (Lipinski definition) is 3. The largest absolute Gasteiger partial charge is 0.391 e. The van der Waals surface area contributed by atoms with Gasteiger partial charge in [-0.05, 0) is 25.1 Å². The van der Waals surface area contributed by atoms with Crippen LogP contribution >= 0.6 is 0 Å². The molecule has 2 amide bonds. The first-order valence-electron chi connectivity index (χ1n) is 10.6. The van der Waals surface area contributed by atoms with Gasteiger partial charge in [-0.1, -0.05) is 0 Å². The van der Waals surface area contributed by atoms with E-state index in [1.165, 1.54) is 41.0 Å². The van der Waals surface area contributed by atoms with E-state index in [1.807, 2.05) is 0 Å². The Labute approximate surface area is 191 Å². The van der Waals surface area contributed by atoms with Crippen LogP contribution in [0.3, 0.4) is 0 Å². The monoisotopic (exact) mass is 469 g/mol. The minimum atomic E-state index is -1.24. The van der Waals surface area contributed by atoms with E-state index in [-0.39, 0.29) is 24.2 Å². The number of alkyl halides is 1. The third-order valence-corrected chi connectivity index (χ3v) is 5.87. The van der Waals surface area contributed by atoms with Crippen LogP contribution in [0.1, 0.15) is 17.3 Å². The average Bonchev–Trinajstić information content (AvgIpc) is 3.35. The fourth-order valence-corrected chi connectivity index (χ4v) is 4.01. The van der Waals surface area contributed by atoms with Crippen LogP contribution in [0.25, 0.3) is 33.5 Å². The van der Waals surface area contributed by atoms with Gasteiger partial charge in [0.05, 0.1) is 36.5 Å². The van der Waals surface area contributed by atoms with Crippen molar-refractivity contribution in [1.82, 2.24) is 34.9 Å². The van der Waals surface area contributed by atoms with Gasteiger partial charge in [0, 0.05) is 18.6 Å². The van der Waals surface area contributed by atoms with Crippen LogP contribution in [0.2, 0.25) is 0 Å². The summed E-state index contributed by atoms with van der Waals surface area (Å²) in [5, 5.41) is 17.7. The topological polar surface area (TPSA) is 129 Å². The van der Waals surface area contributed by atoms with Crippen LogP contribution in [0, 0.1) is 5.82 Å². The lowest BCUT2D eigenvalue weighted by Gasteiger charge is -2.37. The predicted molar refractivity (Wildman–Crippen MR) is 118 cm³/mol. The molecular weight excluding hydrogens is 448 g/mol. The number of aryl methyl sites for hydroxylation is 1. The maximum Gasteiger partial charge on any atom is 0.255 e. The van der Waals surface area contributed by atoms with E-state index in [0.717, 1.165) is 0 Å². The number of likely N-dealkylation sites (tertiary alicyclic amines) is 1. The van der Waals surface area contributed by atoms with Gasteiger partial charge in [0.15, 0.2) is 5.65 Å². The number of halogens is 2. The second kappa shape index (κ2) is 8.13. The van der Waals surface area contributed by atoms with Gasteiger partial charge in [-0.15, -0.1) is 0 Å². The summed E-state index contributed by atoms with van der Waals surface area (Å²) in [6.45, 7) is 1.24. The number of benzene rings is 1. The minimum Gasteiger partial charge on any atom is -0.391 e. The summed E-state index contributed by atoms with van der Waals surface area (Å²) in [4.78, 5) is 38.6. The van der Waals surface area contributed by atoms with Gasteiger partial charge in [-0.3, -0.25) is 14.3 Å². The highest BCUT2D eigenvalue weighted by Crippen LogP contribution is 2.28. The van der Waals surface area contributed by atoms with Gasteiger partial charge < -0.3 is 20.3 Å². The highest BCUT2D eigenvalue weighted by molar-refractivity contribution is 6.06. The van der Waals surface area contributed by atoms with Crippen molar-refractivity contribution in [2.24, 2.45) is 7.05 Å². The fourth-order valence-electron chi connectivity index (χ4n) is 4.01. The van der Waals surface area contributed by atoms with Crippen LogP contribution in [0.4, 0.5) is 8.78 Å². The normalized spacial score (nSPS) is 16.0. The summed E-state index contributed by atoms with van der Waals surface area (Å²) in [5.41, 5.74) is 2.10. The number of aromatic nitrogens is 5. The summed E-state index contributed by atoms with van der Waals surface area (Å²) < 4.78 is 28.4. The lowest BCUT2D eigenvalue weighted by molar-refractivity contribution is -0.142. The SMILES string of the molecule is C[C@@H](O)[C@@H](NC(=O)c1c[nH]c2ncc(-c3nn(C)c4cc(F)ccc34)nc12)C(=O)N1CC(F)C1. The van der Waals surface area contributed by atoms with Crippen molar-refractivity contribution in [2.75, 3.05) is 13.1 Å². The van der Waals surface area contributed by atoms with Crippen molar-refractivity contribution < 1.29 is 23.5 Å². The van der Waals surface area contributed by atoms with E-state index >= 15 is 0 Å². The smallest absolute Gasteiger partial charge is 0.255 e. The molecule has 1 aromatic carbocycles. The number of fused-ring (bicyclic) bond motifs is 2. The zero-order valence-electron chi connectivity index (χ0n) is 18.3. The zero-order valence-corrected chi connectivity index (χ0v) is 18.3. The molecule has 1 saturated heterocycles. The van der Waals surface area contributed by atoms with Crippen molar-refractivity contribution >= 4 is 33.9 Å². The third kappa shape index (κ3) is 3.65. The van der Waals surface area contributed by atoms with Crippen LogP contribution < -0.4 is 5.32 Å². The van der Waals surface area contributed by atoms with E-state index in [4.69, 9.17) is 0 Å². The van der Waals surface area contributed by atoms with Gasteiger partial charge in [0.25, 0.3) is 5.91 Å². The van der Waals surface area contributed by atoms with Gasteiger partial charge in [0.1, 0.15) is 34.9 Å². The Morgan fingerprint density at radius 1 is 1.32 bits per heavy atom. The Balaban J connectivity index is 1.47. The summed E-state index contributed by atoms with van der Waals surface area (Å²) in [6, 6.07) is 3.05. The number of carbonyl (C=O) groups excluding carboxylic acids is 2. The first-order chi connectivity index (χ1) is 16.2. The summed E-state index contributed by atoms with van der Waals surface area (Å²) >= 11 is 0. The second-order valence-corrected chi connectivity index (χ2v) is 8.32. The van der Waals surface area contributed by atoms with Crippen LogP contribution in [-0.2, 0) is 11.8 Å². The molecule has 3 aromatic heterocycles. The second-order valence-electron chi connectivity index (χ2n) is 8.32. The molecule has 12 heteroatoms. The predicted octanol–water partition coefficient (Wildman–Crippen LogP) is 1.31. The lowest BCUT2D eigenvalue weighted by Crippen LogP contribution is -2.60. The van der Waals surface area contributed by atoms with E-state index in [9.17, 15) is 23.5 Å². The number of aliphatic hydroxyl groups is 1. The highest BCUT2D eigenvalue weighted by Gasteiger charge is 2.37. The van der Waals surface area contributed by atoms with Crippen LogP contribution in [0.5, 0.6) is 0 Å². The number of nitrogens with zero attached hydrogens (tertiary/aromatic N) is 5. The molecule has 1 fully saturated rings.